The van der Waals surface area contributed by atoms with Crippen LogP contribution in [0.25, 0.3) is 0 Å². The molecule has 212 valence electrons. The molecule has 0 aromatic heterocycles. The number of nitrogens with two attached hydrogens (primary N) is 1. The SMILES string of the molecule is Cc1cc(C(C(=O)NCc2ccccc2)N(CCO)C(=O)C(CCC(N)=O)NC(=O)OC(C)(C)C)ccc1O. The van der Waals surface area contributed by atoms with E-state index in [0.29, 0.717) is 11.1 Å². The number of aryl methyl sites for hydroxylation is 1. The number of carbonyl (C=O) groups excluding carboxylic acids is 4. The van der Waals surface area contributed by atoms with Gasteiger partial charge in [0.1, 0.15) is 23.4 Å². The van der Waals surface area contributed by atoms with E-state index in [1.807, 2.05) is 30.3 Å². The fourth-order valence-electron chi connectivity index (χ4n) is 3.87. The van der Waals surface area contributed by atoms with E-state index in [9.17, 15) is 29.4 Å². The second-order valence-electron chi connectivity index (χ2n) is 10.1. The van der Waals surface area contributed by atoms with Gasteiger partial charge in [0.15, 0.2) is 0 Å². The summed E-state index contributed by atoms with van der Waals surface area (Å²) in [5, 5.41) is 25.2. The van der Waals surface area contributed by atoms with Gasteiger partial charge in [-0.1, -0.05) is 36.4 Å². The Morgan fingerprint density at radius 2 is 1.74 bits per heavy atom. The Bertz CT molecular complexity index is 1150. The number of phenols is 1. The van der Waals surface area contributed by atoms with E-state index < -0.39 is 48.1 Å². The van der Waals surface area contributed by atoms with Crippen LogP contribution >= 0.6 is 0 Å². The highest BCUT2D eigenvalue weighted by atomic mass is 16.6. The molecule has 0 bridgehead atoms. The lowest BCUT2D eigenvalue weighted by molar-refractivity contribution is -0.143. The third-order valence-corrected chi connectivity index (χ3v) is 5.70. The van der Waals surface area contributed by atoms with Gasteiger partial charge in [-0.15, -0.1) is 0 Å². The maximum atomic E-state index is 13.9. The van der Waals surface area contributed by atoms with Crippen molar-refractivity contribution in [2.75, 3.05) is 13.2 Å². The van der Waals surface area contributed by atoms with E-state index in [0.717, 1.165) is 10.5 Å². The highest BCUT2D eigenvalue weighted by Crippen LogP contribution is 2.27. The number of aliphatic hydroxyl groups is 1. The average molecular weight is 543 g/mol. The molecule has 2 rings (SSSR count). The second-order valence-corrected chi connectivity index (χ2v) is 10.1. The Morgan fingerprint density at radius 3 is 2.31 bits per heavy atom. The fourth-order valence-corrected chi connectivity index (χ4v) is 3.87. The molecule has 0 saturated heterocycles. The van der Waals surface area contributed by atoms with E-state index >= 15 is 0 Å². The monoisotopic (exact) mass is 542 g/mol. The van der Waals surface area contributed by atoms with Crippen LogP contribution in [0.3, 0.4) is 0 Å². The number of primary amides is 1. The Hall–Kier alpha value is -4.12. The molecule has 39 heavy (non-hydrogen) atoms. The number of ether oxygens (including phenoxy) is 1. The Morgan fingerprint density at radius 1 is 1.08 bits per heavy atom. The van der Waals surface area contributed by atoms with Gasteiger partial charge >= 0.3 is 6.09 Å². The summed E-state index contributed by atoms with van der Waals surface area (Å²) in [7, 11) is 0. The van der Waals surface area contributed by atoms with Crippen molar-refractivity contribution in [1.82, 2.24) is 15.5 Å². The number of aliphatic hydroxyl groups excluding tert-OH is 1. The number of hydrogen-bond donors (Lipinski definition) is 5. The topological polar surface area (TPSA) is 171 Å². The van der Waals surface area contributed by atoms with Crippen LogP contribution in [0.5, 0.6) is 5.75 Å². The zero-order chi connectivity index (χ0) is 29.2. The van der Waals surface area contributed by atoms with Crippen LogP contribution in [0.2, 0.25) is 0 Å². The van der Waals surface area contributed by atoms with Crippen molar-refractivity contribution in [3.05, 3.63) is 65.2 Å². The number of phenolic OH excluding ortho intramolecular Hbond substituents is 1. The van der Waals surface area contributed by atoms with Gasteiger partial charge in [-0.2, -0.15) is 0 Å². The van der Waals surface area contributed by atoms with Crippen LogP contribution < -0.4 is 16.4 Å². The molecule has 11 nitrogen and oxygen atoms in total. The third kappa shape index (κ3) is 9.93. The number of hydrogen-bond acceptors (Lipinski definition) is 7. The van der Waals surface area contributed by atoms with Crippen molar-refractivity contribution < 1.29 is 34.1 Å². The zero-order valence-corrected chi connectivity index (χ0v) is 22.8. The predicted molar refractivity (Wildman–Crippen MR) is 144 cm³/mol. The van der Waals surface area contributed by atoms with Gasteiger partial charge in [-0.3, -0.25) is 14.4 Å². The lowest BCUT2D eigenvalue weighted by Crippen LogP contribution is -2.53. The number of nitrogens with zero attached hydrogens (tertiary/aromatic N) is 1. The second kappa shape index (κ2) is 14.1. The lowest BCUT2D eigenvalue weighted by atomic mass is 9.99. The maximum absolute atomic E-state index is 13.9. The molecule has 0 aliphatic rings. The van der Waals surface area contributed by atoms with Gasteiger partial charge in [0.25, 0.3) is 0 Å². The molecular formula is C28H38N4O7. The number of alkyl carbamates (subject to hydrolysis) is 1. The van der Waals surface area contributed by atoms with Gasteiger partial charge in [-0.25, -0.2) is 4.79 Å². The molecular weight excluding hydrogens is 504 g/mol. The first-order chi connectivity index (χ1) is 18.3. The normalized spacial score (nSPS) is 12.6. The third-order valence-electron chi connectivity index (χ3n) is 5.70. The number of amides is 4. The van der Waals surface area contributed by atoms with Crippen LogP contribution in [0, 0.1) is 6.92 Å². The summed E-state index contributed by atoms with van der Waals surface area (Å²) >= 11 is 0. The molecule has 0 aliphatic carbocycles. The van der Waals surface area contributed by atoms with E-state index in [2.05, 4.69) is 10.6 Å². The molecule has 2 unspecified atom stereocenters. The van der Waals surface area contributed by atoms with Gasteiger partial charge in [0, 0.05) is 19.5 Å². The van der Waals surface area contributed by atoms with Crippen LogP contribution in [-0.4, -0.2) is 63.7 Å². The molecule has 2 aromatic carbocycles. The van der Waals surface area contributed by atoms with Crippen LogP contribution in [-0.2, 0) is 25.7 Å². The molecule has 2 aromatic rings. The van der Waals surface area contributed by atoms with E-state index in [-0.39, 0.29) is 31.7 Å². The van der Waals surface area contributed by atoms with Crippen molar-refractivity contribution in [1.29, 1.82) is 0 Å². The van der Waals surface area contributed by atoms with Crippen molar-refractivity contribution in [2.24, 2.45) is 5.73 Å². The van der Waals surface area contributed by atoms with Gasteiger partial charge < -0.3 is 36.2 Å². The van der Waals surface area contributed by atoms with E-state index in [1.54, 1.807) is 33.8 Å². The predicted octanol–water partition coefficient (Wildman–Crippen LogP) is 2.04. The molecule has 6 N–H and O–H groups in total. The fraction of sp³-hybridized carbons (Fsp3) is 0.429. The number of aromatic hydroxyl groups is 1. The Kier molecular flexibility index (Phi) is 11.3. The van der Waals surface area contributed by atoms with Gasteiger partial charge in [0.05, 0.1) is 6.61 Å². The van der Waals surface area contributed by atoms with E-state index in [4.69, 9.17) is 10.5 Å². The standard InChI is InChI=1S/C28H38N4O7/c1-18-16-20(10-12-22(18)34)24(25(36)30-17-19-8-6-5-7-9-19)32(14-15-33)26(37)21(11-13-23(29)35)31-27(38)39-28(2,3)4/h5-10,12,16,21,24,33-34H,11,13-15,17H2,1-4H3,(H2,29,35)(H,30,36)(H,31,38). The Labute approximate surface area is 228 Å². The summed E-state index contributed by atoms with van der Waals surface area (Å²) in [4.78, 5) is 52.6. The molecule has 0 saturated carbocycles. The summed E-state index contributed by atoms with van der Waals surface area (Å²) in [6, 6.07) is 11.1. The van der Waals surface area contributed by atoms with Crippen molar-refractivity contribution in [3.63, 3.8) is 0 Å². The molecule has 0 aliphatic heterocycles. The van der Waals surface area contributed by atoms with E-state index in [1.165, 1.54) is 12.1 Å². The first kappa shape index (κ1) is 31.1. The van der Waals surface area contributed by atoms with Crippen LogP contribution in [0.1, 0.15) is 56.3 Å². The van der Waals surface area contributed by atoms with Gasteiger partial charge in [-0.05, 0) is 62.9 Å². The minimum absolute atomic E-state index is 0.00755. The largest absolute Gasteiger partial charge is 0.508 e. The highest BCUT2D eigenvalue weighted by Gasteiger charge is 2.36. The molecule has 11 heteroatoms. The first-order valence-corrected chi connectivity index (χ1v) is 12.6. The smallest absolute Gasteiger partial charge is 0.408 e. The molecule has 2 atom stereocenters. The van der Waals surface area contributed by atoms with Crippen LogP contribution in [0.15, 0.2) is 48.5 Å². The highest BCUT2D eigenvalue weighted by molar-refractivity contribution is 5.92. The molecule has 0 radical (unpaired) electrons. The zero-order valence-electron chi connectivity index (χ0n) is 22.8. The molecule has 4 amide bonds. The quantitative estimate of drug-likeness (QED) is 0.273. The summed E-state index contributed by atoms with van der Waals surface area (Å²) in [5.74, 6) is -1.94. The molecule has 0 spiro atoms. The van der Waals surface area contributed by atoms with Crippen molar-refractivity contribution in [2.45, 2.75) is 64.8 Å². The summed E-state index contributed by atoms with van der Waals surface area (Å²) < 4.78 is 5.28. The summed E-state index contributed by atoms with van der Waals surface area (Å²) in [6.45, 7) is 6.05. The van der Waals surface area contributed by atoms with Crippen LogP contribution in [0.4, 0.5) is 4.79 Å². The number of rotatable bonds is 12. The summed E-state index contributed by atoms with van der Waals surface area (Å²) in [5.41, 5.74) is 6.13. The first-order valence-electron chi connectivity index (χ1n) is 12.6. The minimum Gasteiger partial charge on any atom is -0.508 e. The molecule has 0 heterocycles. The number of nitrogens with one attached hydrogen (secondary N) is 2. The van der Waals surface area contributed by atoms with Crippen molar-refractivity contribution >= 4 is 23.8 Å². The Balaban J connectivity index is 2.47. The summed E-state index contributed by atoms with van der Waals surface area (Å²) in [6.07, 6.45) is -1.26. The minimum atomic E-state index is -1.28. The number of carbonyl (C=O) groups is 4. The lowest BCUT2D eigenvalue weighted by Gasteiger charge is -2.34. The van der Waals surface area contributed by atoms with Gasteiger partial charge in [0.2, 0.25) is 17.7 Å². The number of benzene rings is 2. The average Bonchev–Trinajstić information content (AvgIpc) is 2.86. The van der Waals surface area contributed by atoms with Crippen molar-refractivity contribution in [3.8, 4) is 5.75 Å². The molecule has 0 fully saturated rings. The maximum Gasteiger partial charge on any atom is 0.408 e.